The Kier molecular flexibility index (Phi) is 4.78. The molecule has 0 fully saturated rings. The molecule has 0 spiro atoms. The molecule has 1 rings (SSSR count). The van der Waals surface area contributed by atoms with Gasteiger partial charge in [-0.1, -0.05) is 6.07 Å². The van der Waals surface area contributed by atoms with Crippen molar-refractivity contribution in [3.63, 3.8) is 0 Å². The Morgan fingerprint density at radius 1 is 1.11 bits per heavy atom. The van der Waals surface area contributed by atoms with Crippen molar-refractivity contribution < 1.29 is 26.3 Å². The molecule has 1 unspecified atom stereocenters. The molecular weight excluding hydrogens is 274 g/mol. The molecule has 0 aliphatic rings. The van der Waals surface area contributed by atoms with Crippen LogP contribution in [0.5, 0.6) is 0 Å². The highest BCUT2D eigenvalue weighted by Crippen LogP contribution is 2.41. The minimum absolute atomic E-state index is 0.167. The SMILES string of the molecule is CNC(Cc1ccccn1)C(C(F)(F)F)C(F)(F)F. The molecule has 0 bridgehead atoms. The van der Waals surface area contributed by atoms with Crippen LogP contribution in [0, 0.1) is 5.92 Å². The summed E-state index contributed by atoms with van der Waals surface area (Å²) < 4.78 is 75.5. The topological polar surface area (TPSA) is 24.9 Å². The molecule has 0 saturated heterocycles. The zero-order valence-corrected chi connectivity index (χ0v) is 9.89. The number of nitrogens with zero attached hydrogens (tertiary/aromatic N) is 1. The van der Waals surface area contributed by atoms with E-state index in [1.54, 1.807) is 0 Å². The number of nitrogens with one attached hydrogen (secondary N) is 1. The number of rotatable bonds is 4. The summed E-state index contributed by atoms with van der Waals surface area (Å²) in [6.07, 6.45) is -9.86. The van der Waals surface area contributed by atoms with Gasteiger partial charge in [-0.2, -0.15) is 26.3 Å². The van der Waals surface area contributed by atoms with Crippen LogP contribution in [0.25, 0.3) is 0 Å². The number of halogens is 6. The Hall–Kier alpha value is -1.31. The third-order valence-electron chi connectivity index (χ3n) is 2.63. The minimum Gasteiger partial charge on any atom is -0.316 e. The van der Waals surface area contributed by atoms with Gasteiger partial charge in [0.2, 0.25) is 0 Å². The first-order chi connectivity index (χ1) is 8.66. The molecule has 0 amide bonds. The standard InChI is InChI=1S/C11H12F6N2/c1-18-8(6-7-4-2-3-5-19-7)9(10(12,13)14)11(15,16)17/h2-5,8-9,18H,6H2,1H3. The van der Waals surface area contributed by atoms with Gasteiger partial charge >= 0.3 is 12.4 Å². The summed E-state index contributed by atoms with van der Waals surface area (Å²) in [7, 11) is 1.07. The molecule has 1 atom stereocenters. The van der Waals surface area contributed by atoms with Crippen molar-refractivity contribution in [1.29, 1.82) is 0 Å². The van der Waals surface area contributed by atoms with Gasteiger partial charge in [-0.15, -0.1) is 0 Å². The second-order valence-corrected chi connectivity index (χ2v) is 3.98. The second-order valence-electron chi connectivity index (χ2n) is 3.98. The van der Waals surface area contributed by atoms with Crippen LogP contribution in [0.1, 0.15) is 5.69 Å². The fraction of sp³-hybridized carbons (Fsp3) is 0.545. The van der Waals surface area contributed by atoms with Gasteiger partial charge in [0.25, 0.3) is 0 Å². The monoisotopic (exact) mass is 286 g/mol. The van der Waals surface area contributed by atoms with E-state index in [4.69, 9.17) is 0 Å². The van der Waals surface area contributed by atoms with Gasteiger partial charge in [0.15, 0.2) is 5.92 Å². The van der Waals surface area contributed by atoms with Crippen molar-refractivity contribution in [2.75, 3.05) is 7.05 Å². The second kappa shape index (κ2) is 5.77. The molecule has 8 heteroatoms. The lowest BCUT2D eigenvalue weighted by Gasteiger charge is -2.30. The van der Waals surface area contributed by atoms with Crippen LogP contribution in [0.2, 0.25) is 0 Å². The summed E-state index contributed by atoms with van der Waals surface area (Å²) >= 11 is 0. The average Bonchev–Trinajstić information content (AvgIpc) is 2.25. The quantitative estimate of drug-likeness (QED) is 0.861. The number of aromatic nitrogens is 1. The van der Waals surface area contributed by atoms with Crippen molar-refractivity contribution in [3.05, 3.63) is 30.1 Å². The summed E-state index contributed by atoms with van der Waals surface area (Å²) in [5.74, 6) is -3.42. The van der Waals surface area contributed by atoms with E-state index in [2.05, 4.69) is 10.3 Å². The van der Waals surface area contributed by atoms with Gasteiger partial charge in [0.1, 0.15) is 0 Å². The lowest BCUT2D eigenvalue weighted by atomic mass is 9.94. The third-order valence-corrected chi connectivity index (χ3v) is 2.63. The molecule has 1 aromatic rings. The van der Waals surface area contributed by atoms with E-state index in [0.717, 1.165) is 7.05 Å². The molecule has 0 saturated carbocycles. The van der Waals surface area contributed by atoms with Crippen LogP contribution < -0.4 is 5.32 Å². The fourth-order valence-corrected chi connectivity index (χ4v) is 1.77. The predicted octanol–water partition coefficient (Wildman–Crippen LogP) is 2.95. The van der Waals surface area contributed by atoms with E-state index in [-0.39, 0.29) is 5.69 Å². The van der Waals surface area contributed by atoms with E-state index in [1.807, 2.05) is 0 Å². The number of alkyl halides is 6. The van der Waals surface area contributed by atoms with Crippen molar-refractivity contribution in [1.82, 2.24) is 10.3 Å². The van der Waals surface area contributed by atoms with Crippen molar-refractivity contribution >= 4 is 0 Å². The van der Waals surface area contributed by atoms with Gasteiger partial charge < -0.3 is 5.32 Å². The smallest absolute Gasteiger partial charge is 0.316 e. The maximum Gasteiger partial charge on any atom is 0.402 e. The Bertz CT molecular complexity index is 372. The molecule has 2 nitrogen and oxygen atoms in total. The Morgan fingerprint density at radius 2 is 1.68 bits per heavy atom. The maximum absolute atomic E-state index is 12.6. The first kappa shape index (κ1) is 15.7. The van der Waals surface area contributed by atoms with Gasteiger partial charge in [-0.25, -0.2) is 0 Å². The highest BCUT2D eigenvalue weighted by atomic mass is 19.4. The molecule has 0 aromatic carbocycles. The lowest BCUT2D eigenvalue weighted by Crippen LogP contribution is -2.51. The summed E-state index contributed by atoms with van der Waals surface area (Å²) in [4.78, 5) is 3.74. The lowest BCUT2D eigenvalue weighted by molar-refractivity contribution is -0.291. The van der Waals surface area contributed by atoms with Crippen LogP contribution >= 0.6 is 0 Å². The molecule has 1 N–H and O–H groups in total. The van der Waals surface area contributed by atoms with E-state index in [1.165, 1.54) is 24.4 Å². The zero-order valence-electron chi connectivity index (χ0n) is 9.89. The molecule has 0 aliphatic carbocycles. The molecule has 19 heavy (non-hydrogen) atoms. The van der Waals surface area contributed by atoms with Gasteiger partial charge in [-0.3, -0.25) is 4.98 Å². The predicted molar refractivity (Wildman–Crippen MR) is 56.4 cm³/mol. The molecule has 0 radical (unpaired) electrons. The average molecular weight is 286 g/mol. The first-order valence-electron chi connectivity index (χ1n) is 5.37. The van der Waals surface area contributed by atoms with Crippen LogP contribution in [0.3, 0.4) is 0 Å². The van der Waals surface area contributed by atoms with Crippen LogP contribution in [-0.2, 0) is 6.42 Å². The van der Waals surface area contributed by atoms with Crippen molar-refractivity contribution in [3.8, 4) is 0 Å². The molecule has 1 aromatic heterocycles. The normalized spacial score (nSPS) is 14.7. The largest absolute Gasteiger partial charge is 0.402 e. The van der Waals surface area contributed by atoms with Crippen molar-refractivity contribution in [2.45, 2.75) is 24.8 Å². The molecular formula is C11H12F6N2. The zero-order chi connectivity index (χ0) is 14.7. The van der Waals surface area contributed by atoms with Gasteiger partial charge in [0, 0.05) is 24.4 Å². The first-order valence-corrected chi connectivity index (χ1v) is 5.37. The Morgan fingerprint density at radius 3 is 2.05 bits per heavy atom. The number of hydrogen-bond donors (Lipinski definition) is 1. The fourth-order valence-electron chi connectivity index (χ4n) is 1.77. The molecule has 1 heterocycles. The summed E-state index contributed by atoms with van der Waals surface area (Å²) in [5, 5.41) is 2.08. The van der Waals surface area contributed by atoms with E-state index < -0.39 is 30.7 Å². The number of pyridine rings is 1. The van der Waals surface area contributed by atoms with Crippen molar-refractivity contribution in [2.24, 2.45) is 5.92 Å². The van der Waals surface area contributed by atoms with E-state index in [9.17, 15) is 26.3 Å². The van der Waals surface area contributed by atoms with E-state index >= 15 is 0 Å². The summed E-state index contributed by atoms with van der Waals surface area (Å²) in [6.45, 7) is 0. The summed E-state index contributed by atoms with van der Waals surface area (Å²) in [6, 6.07) is 2.61. The molecule has 0 aliphatic heterocycles. The van der Waals surface area contributed by atoms with Crippen LogP contribution in [0.15, 0.2) is 24.4 Å². The van der Waals surface area contributed by atoms with Gasteiger partial charge in [0.05, 0.1) is 0 Å². The maximum atomic E-state index is 12.6. The van der Waals surface area contributed by atoms with Crippen LogP contribution in [-0.4, -0.2) is 30.4 Å². The Balaban J connectivity index is 2.98. The van der Waals surface area contributed by atoms with Crippen LogP contribution in [0.4, 0.5) is 26.3 Å². The number of hydrogen-bond acceptors (Lipinski definition) is 2. The van der Waals surface area contributed by atoms with E-state index in [0.29, 0.717) is 0 Å². The molecule has 108 valence electrons. The van der Waals surface area contributed by atoms with Gasteiger partial charge in [-0.05, 0) is 19.2 Å². The Labute approximate surface area is 105 Å². The highest BCUT2D eigenvalue weighted by molar-refractivity contribution is 5.06. The number of likely N-dealkylation sites (N-methyl/N-ethyl adjacent to an activating group) is 1. The highest BCUT2D eigenvalue weighted by Gasteiger charge is 2.59. The summed E-state index contributed by atoms with van der Waals surface area (Å²) in [5.41, 5.74) is 0.167. The third kappa shape index (κ3) is 4.38. The minimum atomic E-state index is -5.36.